The van der Waals surface area contributed by atoms with E-state index in [2.05, 4.69) is 0 Å². The predicted octanol–water partition coefficient (Wildman–Crippen LogP) is 3.83. The van der Waals surface area contributed by atoms with E-state index >= 15 is 0 Å². The summed E-state index contributed by atoms with van der Waals surface area (Å²) in [5.41, 5.74) is 1.20. The van der Waals surface area contributed by atoms with Gasteiger partial charge in [-0.05, 0) is 30.9 Å². The predicted molar refractivity (Wildman–Crippen MR) is 79.1 cm³/mol. The molecule has 3 nitrogen and oxygen atoms in total. The van der Waals surface area contributed by atoms with Crippen LogP contribution in [0.25, 0.3) is 0 Å². The van der Waals surface area contributed by atoms with Gasteiger partial charge in [-0.25, -0.2) is 0 Å². The molecular formula is C17H22O3. The van der Waals surface area contributed by atoms with E-state index in [4.69, 9.17) is 4.74 Å². The topological polar surface area (TPSA) is 43.4 Å². The number of Topliss-reactive ketones (excluding diaryl/α,β-unsaturated/α-hetero) is 1. The molecule has 0 N–H and O–H groups in total. The Kier molecular flexibility index (Phi) is 7.33. The molecule has 108 valence electrons. The lowest BCUT2D eigenvalue weighted by molar-refractivity contribution is -0.140. The van der Waals surface area contributed by atoms with Crippen molar-refractivity contribution in [3.8, 4) is 0 Å². The van der Waals surface area contributed by atoms with Crippen molar-refractivity contribution in [3.63, 3.8) is 0 Å². The molecule has 0 unspecified atom stereocenters. The second-order valence-corrected chi connectivity index (χ2v) is 4.71. The Labute approximate surface area is 120 Å². The van der Waals surface area contributed by atoms with Crippen molar-refractivity contribution in [3.05, 3.63) is 47.7 Å². The molecule has 0 amide bonds. The number of aryl methyl sites for hydroxylation is 1. The third kappa shape index (κ3) is 6.32. The Hall–Kier alpha value is -1.90. The van der Waals surface area contributed by atoms with Gasteiger partial charge in [0.15, 0.2) is 11.5 Å². The first-order chi connectivity index (χ1) is 9.63. The van der Waals surface area contributed by atoms with E-state index in [0.29, 0.717) is 12.8 Å². The van der Waals surface area contributed by atoms with E-state index in [1.807, 2.05) is 37.3 Å². The number of allylic oxidation sites excluding steroid dienone is 2. The molecule has 0 radical (unpaired) electrons. The molecule has 0 atom stereocenters. The molecule has 1 aromatic rings. The van der Waals surface area contributed by atoms with E-state index < -0.39 is 5.97 Å². The number of rotatable bonds is 8. The van der Waals surface area contributed by atoms with Crippen LogP contribution in [0.5, 0.6) is 0 Å². The van der Waals surface area contributed by atoms with Crippen molar-refractivity contribution in [2.75, 3.05) is 0 Å². The van der Waals surface area contributed by atoms with Crippen molar-refractivity contribution in [2.24, 2.45) is 0 Å². The van der Waals surface area contributed by atoms with Crippen LogP contribution in [-0.2, 0) is 20.7 Å². The van der Waals surface area contributed by atoms with Gasteiger partial charge >= 0.3 is 5.97 Å². The fraction of sp³-hybridized carbons (Fsp3) is 0.412. The lowest BCUT2D eigenvalue weighted by atomic mass is 10.1. The first-order valence-electron chi connectivity index (χ1n) is 7.09. The molecule has 3 heteroatoms. The van der Waals surface area contributed by atoms with Crippen molar-refractivity contribution < 1.29 is 14.3 Å². The number of carbonyl (C=O) groups excluding carboxylic acids is 2. The fourth-order valence-corrected chi connectivity index (χ4v) is 1.84. The van der Waals surface area contributed by atoms with Crippen LogP contribution < -0.4 is 0 Å². The van der Waals surface area contributed by atoms with Gasteiger partial charge in [0.1, 0.15) is 0 Å². The molecular weight excluding hydrogens is 252 g/mol. The van der Waals surface area contributed by atoms with E-state index in [1.54, 1.807) is 6.08 Å². The number of carbonyl (C=O) groups is 2. The Morgan fingerprint density at radius 3 is 2.50 bits per heavy atom. The number of esters is 1. The number of hydrogen-bond acceptors (Lipinski definition) is 3. The van der Waals surface area contributed by atoms with Gasteiger partial charge in [0.05, 0.1) is 0 Å². The Morgan fingerprint density at radius 2 is 1.90 bits per heavy atom. The highest BCUT2D eigenvalue weighted by Crippen LogP contribution is 2.10. The summed E-state index contributed by atoms with van der Waals surface area (Å²) < 4.78 is 5.02. The lowest BCUT2D eigenvalue weighted by Crippen LogP contribution is -2.09. The Balaban J connectivity index is 2.60. The zero-order valence-electron chi connectivity index (χ0n) is 12.2. The molecule has 1 aromatic carbocycles. The second-order valence-electron chi connectivity index (χ2n) is 4.71. The molecule has 0 spiro atoms. The van der Waals surface area contributed by atoms with Crippen molar-refractivity contribution in [2.45, 2.75) is 46.0 Å². The summed E-state index contributed by atoms with van der Waals surface area (Å²) in [4.78, 5) is 23.0. The summed E-state index contributed by atoms with van der Waals surface area (Å²) >= 11 is 0. The highest BCUT2D eigenvalue weighted by atomic mass is 16.5. The first-order valence-corrected chi connectivity index (χ1v) is 7.09. The molecule has 0 saturated heterocycles. The maximum absolute atomic E-state index is 11.9. The molecule has 0 bridgehead atoms. The van der Waals surface area contributed by atoms with Crippen molar-refractivity contribution in [1.29, 1.82) is 0 Å². The van der Waals surface area contributed by atoms with Gasteiger partial charge in [-0.2, -0.15) is 0 Å². The van der Waals surface area contributed by atoms with E-state index in [0.717, 1.165) is 19.3 Å². The van der Waals surface area contributed by atoms with E-state index in [-0.39, 0.29) is 11.5 Å². The maximum Gasteiger partial charge on any atom is 0.308 e. The second kappa shape index (κ2) is 9.08. The van der Waals surface area contributed by atoms with Gasteiger partial charge in [0.2, 0.25) is 0 Å². The highest BCUT2D eigenvalue weighted by molar-refractivity contribution is 5.95. The largest absolute Gasteiger partial charge is 0.423 e. The van der Waals surface area contributed by atoms with Gasteiger partial charge in [-0.3, -0.25) is 9.59 Å². The zero-order chi connectivity index (χ0) is 14.8. The standard InChI is InChI=1S/C17H22O3/c1-3-4-12-16(19)17(20-14(2)18)13-8-11-15-9-6-5-7-10-15/h5-7,9-10,13H,3-4,8,11-12H2,1-2H3/b17-13-. The number of hydrogen-bond donors (Lipinski definition) is 0. The summed E-state index contributed by atoms with van der Waals surface area (Å²) in [6.07, 6.45) is 5.43. The van der Waals surface area contributed by atoms with Crippen LogP contribution in [-0.4, -0.2) is 11.8 Å². The molecule has 0 fully saturated rings. The van der Waals surface area contributed by atoms with Crippen LogP contribution in [0, 0.1) is 0 Å². The van der Waals surface area contributed by atoms with Crippen LogP contribution in [0.15, 0.2) is 42.2 Å². The Bertz CT molecular complexity index is 460. The SMILES string of the molecule is CCCCC(=O)/C(=C/CCc1ccccc1)OC(C)=O. The third-order valence-corrected chi connectivity index (χ3v) is 2.89. The molecule has 0 saturated carbocycles. The van der Waals surface area contributed by atoms with Crippen LogP contribution in [0.2, 0.25) is 0 Å². The third-order valence-electron chi connectivity index (χ3n) is 2.89. The van der Waals surface area contributed by atoms with Gasteiger partial charge in [0, 0.05) is 13.3 Å². The number of benzene rings is 1. The van der Waals surface area contributed by atoms with Crippen LogP contribution in [0.3, 0.4) is 0 Å². The van der Waals surface area contributed by atoms with Gasteiger partial charge < -0.3 is 4.74 Å². The minimum absolute atomic E-state index is 0.0879. The normalized spacial score (nSPS) is 11.2. The zero-order valence-corrected chi connectivity index (χ0v) is 12.2. The fourth-order valence-electron chi connectivity index (χ4n) is 1.84. The van der Waals surface area contributed by atoms with Gasteiger partial charge in [-0.15, -0.1) is 0 Å². The van der Waals surface area contributed by atoms with Crippen molar-refractivity contribution >= 4 is 11.8 Å². The lowest BCUT2D eigenvalue weighted by Gasteiger charge is -2.06. The molecule has 0 aliphatic carbocycles. The van der Waals surface area contributed by atoms with Crippen LogP contribution >= 0.6 is 0 Å². The molecule has 20 heavy (non-hydrogen) atoms. The Morgan fingerprint density at radius 1 is 1.20 bits per heavy atom. The molecule has 0 aromatic heterocycles. The average Bonchev–Trinajstić information content (AvgIpc) is 2.44. The van der Waals surface area contributed by atoms with Crippen molar-refractivity contribution in [1.82, 2.24) is 0 Å². The van der Waals surface area contributed by atoms with E-state index in [1.165, 1.54) is 12.5 Å². The quantitative estimate of drug-likeness (QED) is 0.411. The monoisotopic (exact) mass is 274 g/mol. The van der Waals surface area contributed by atoms with Crippen LogP contribution in [0.1, 0.15) is 45.1 Å². The summed E-state index contributed by atoms with van der Waals surface area (Å²) in [7, 11) is 0. The van der Waals surface area contributed by atoms with Crippen LogP contribution in [0.4, 0.5) is 0 Å². The van der Waals surface area contributed by atoms with Gasteiger partial charge in [-0.1, -0.05) is 43.7 Å². The number of unbranched alkanes of at least 4 members (excludes halogenated alkanes) is 1. The molecule has 0 aliphatic heterocycles. The molecule has 0 heterocycles. The minimum atomic E-state index is -0.444. The number of ether oxygens (including phenoxy) is 1. The number of ketones is 1. The summed E-state index contributed by atoms with van der Waals surface area (Å²) in [6, 6.07) is 10.0. The summed E-state index contributed by atoms with van der Waals surface area (Å²) in [5, 5.41) is 0. The summed E-state index contributed by atoms with van der Waals surface area (Å²) in [5.74, 6) is -0.335. The average molecular weight is 274 g/mol. The summed E-state index contributed by atoms with van der Waals surface area (Å²) in [6.45, 7) is 3.34. The van der Waals surface area contributed by atoms with E-state index in [9.17, 15) is 9.59 Å². The highest BCUT2D eigenvalue weighted by Gasteiger charge is 2.12. The maximum atomic E-state index is 11.9. The molecule has 1 rings (SSSR count). The minimum Gasteiger partial charge on any atom is -0.423 e. The molecule has 0 aliphatic rings. The van der Waals surface area contributed by atoms with Gasteiger partial charge in [0.25, 0.3) is 0 Å². The first kappa shape index (κ1) is 16.2. The smallest absolute Gasteiger partial charge is 0.308 e.